The SMILES string of the molecule is N#Cc1c(-c2ccc(Cl)cc2Cl)[nH]c(C(N)=O)c1N. The third-order valence-electron chi connectivity index (χ3n) is 2.60. The Labute approximate surface area is 118 Å². The van der Waals surface area contributed by atoms with Crippen molar-refractivity contribution < 1.29 is 4.79 Å². The molecule has 1 aromatic heterocycles. The first-order chi connectivity index (χ1) is 8.95. The average molecular weight is 295 g/mol. The number of nitrogens with two attached hydrogens (primary N) is 2. The molecule has 0 spiro atoms. The number of carbonyl (C=O) groups excluding carboxylic acids is 1. The van der Waals surface area contributed by atoms with Crippen LogP contribution >= 0.6 is 23.2 Å². The molecule has 0 bridgehead atoms. The number of aromatic nitrogens is 1. The summed E-state index contributed by atoms with van der Waals surface area (Å²) in [5, 5.41) is 9.92. The Balaban J connectivity index is 2.72. The number of anilines is 1. The number of carbonyl (C=O) groups is 1. The maximum Gasteiger partial charge on any atom is 0.267 e. The fourth-order valence-electron chi connectivity index (χ4n) is 1.72. The number of benzene rings is 1. The molecule has 0 aliphatic carbocycles. The van der Waals surface area contributed by atoms with Crippen LogP contribution in [0, 0.1) is 11.3 Å². The van der Waals surface area contributed by atoms with E-state index in [2.05, 4.69) is 4.98 Å². The maximum absolute atomic E-state index is 11.2. The van der Waals surface area contributed by atoms with Crippen LogP contribution in [-0.2, 0) is 0 Å². The fourth-order valence-corrected chi connectivity index (χ4v) is 2.22. The molecule has 0 radical (unpaired) electrons. The molecule has 0 atom stereocenters. The van der Waals surface area contributed by atoms with Crippen molar-refractivity contribution in [2.75, 3.05) is 5.73 Å². The highest BCUT2D eigenvalue weighted by Crippen LogP contribution is 2.35. The van der Waals surface area contributed by atoms with E-state index in [1.54, 1.807) is 12.1 Å². The minimum Gasteiger partial charge on any atom is -0.396 e. The molecule has 96 valence electrons. The Kier molecular flexibility index (Phi) is 3.38. The number of rotatable bonds is 2. The molecule has 0 saturated heterocycles. The first kappa shape index (κ1) is 13.3. The highest BCUT2D eigenvalue weighted by molar-refractivity contribution is 6.36. The maximum atomic E-state index is 11.2. The van der Waals surface area contributed by atoms with Crippen LogP contribution in [0.3, 0.4) is 0 Å². The number of aromatic amines is 1. The van der Waals surface area contributed by atoms with Crippen molar-refractivity contribution in [2.45, 2.75) is 0 Å². The van der Waals surface area contributed by atoms with Crippen LogP contribution in [0.1, 0.15) is 16.1 Å². The van der Waals surface area contributed by atoms with E-state index in [0.29, 0.717) is 21.3 Å². The summed E-state index contributed by atoms with van der Waals surface area (Å²) in [6.45, 7) is 0. The lowest BCUT2D eigenvalue weighted by atomic mass is 10.1. The molecule has 0 fully saturated rings. The molecule has 0 aliphatic rings. The second kappa shape index (κ2) is 4.84. The van der Waals surface area contributed by atoms with Crippen LogP contribution in [0.15, 0.2) is 18.2 Å². The van der Waals surface area contributed by atoms with Crippen molar-refractivity contribution >= 4 is 34.8 Å². The van der Waals surface area contributed by atoms with E-state index in [4.69, 9.17) is 39.9 Å². The number of halogens is 2. The minimum absolute atomic E-state index is 0.0102. The fraction of sp³-hybridized carbons (Fsp3) is 0. The molecule has 1 aromatic carbocycles. The molecule has 19 heavy (non-hydrogen) atoms. The van der Waals surface area contributed by atoms with Gasteiger partial charge in [-0.25, -0.2) is 0 Å². The summed E-state index contributed by atoms with van der Waals surface area (Å²) in [4.78, 5) is 13.9. The van der Waals surface area contributed by atoms with Gasteiger partial charge in [-0.3, -0.25) is 4.79 Å². The number of hydrogen-bond donors (Lipinski definition) is 3. The molecule has 1 amide bonds. The summed E-state index contributed by atoms with van der Waals surface area (Å²) in [7, 11) is 0. The van der Waals surface area contributed by atoms with Gasteiger partial charge < -0.3 is 16.5 Å². The predicted molar refractivity (Wildman–Crippen MR) is 73.9 cm³/mol. The van der Waals surface area contributed by atoms with Gasteiger partial charge in [0.15, 0.2) is 0 Å². The minimum atomic E-state index is -0.745. The molecule has 5 nitrogen and oxygen atoms in total. The number of nitrogens with zero attached hydrogens (tertiary/aromatic N) is 1. The van der Waals surface area contributed by atoms with Crippen molar-refractivity contribution in [3.8, 4) is 17.3 Å². The van der Waals surface area contributed by atoms with E-state index < -0.39 is 5.91 Å². The van der Waals surface area contributed by atoms with Gasteiger partial charge in [0, 0.05) is 10.6 Å². The number of nitriles is 1. The molecule has 0 saturated carbocycles. The molecule has 2 aromatic rings. The van der Waals surface area contributed by atoms with Crippen molar-refractivity contribution in [2.24, 2.45) is 5.73 Å². The van der Waals surface area contributed by atoms with Gasteiger partial charge in [-0.1, -0.05) is 23.2 Å². The predicted octanol–water partition coefficient (Wildman–Crippen LogP) is 2.54. The molecule has 2 rings (SSSR count). The third kappa shape index (κ3) is 2.24. The van der Waals surface area contributed by atoms with Crippen molar-refractivity contribution in [3.05, 3.63) is 39.5 Å². The van der Waals surface area contributed by atoms with Gasteiger partial charge in [-0.2, -0.15) is 5.26 Å². The summed E-state index contributed by atoms with van der Waals surface area (Å²) in [5.41, 5.74) is 11.9. The lowest BCUT2D eigenvalue weighted by molar-refractivity contribution is 0.0997. The average Bonchev–Trinajstić information content (AvgIpc) is 2.66. The van der Waals surface area contributed by atoms with Gasteiger partial charge in [-0.15, -0.1) is 0 Å². The van der Waals surface area contributed by atoms with Crippen molar-refractivity contribution in [1.29, 1.82) is 5.26 Å². The molecular weight excluding hydrogens is 287 g/mol. The topological polar surface area (TPSA) is 109 Å². The Bertz CT molecular complexity index is 715. The van der Waals surface area contributed by atoms with E-state index in [0.717, 1.165) is 0 Å². The molecular formula is C12H8Cl2N4O. The number of nitrogen functional groups attached to an aromatic ring is 1. The number of amides is 1. The summed E-state index contributed by atoms with van der Waals surface area (Å²) < 4.78 is 0. The largest absolute Gasteiger partial charge is 0.396 e. The van der Waals surface area contributed by atoms with E-state index >= 15 is 0 Å². The second-order valence-corrected chi connectivity index (χ2v) is 4.61. The number of nitrogens with one attached hydrogen (secondary N) is 1. The molecule has 1 heterocycles. The highest BCUT2D eigenvalue weighted by atomic mass is 35.5. The van der Waals surface area contributed by atoms with E-state index in [1.165, 1.54) is 6.07 Å². The molecule has 0 unspecified atom stereocenters. The summed E-state index contributed by atoms with van der Waals surface area (Å²) in [6.07, 6.45) is 0. The first-order valence-corrected chi connectivity index (χ1v) is 5.88. The molecule has 7 heteroatoms. The van der Waals surface area contributed by atoms with Crippen LogP contribution in [0.2, 0.25) is 10.0 Å². The van der Waals surface area contributed by atoms with Gasteiger partial charge >= 0.3 is 0 Å². The highest BCUT2D eigenvalue weighted by Gasteiger charge is 2.20. The Morgan fingerprint density at radius 1 is 1.37 bits per heavy atom. The molecule has 0 aliphatic heterocycles. The standard InChI is InChI=1S/C12H8Cl2N4O/c13-5-1-2-6(8(14)3-5)10-7(4-15)9(16)11(18-10)12(17)19/h1-3,18H,16H2,(H2,17,19). The van der Waals surface area contributed by atoms with Crippen LogP contribution in [0.25, 0.3) is 11.3 Å². The number of primary amides is 1. The number of H-pyrrole nitrogens is 1. The van der Waals surface area contributed by atoms with Crippen molar-refractivity contribution in [3.63, 3.8) is 0 Å². The van der Waals surface area contributed by atoms with Gasteiger partial charge in [0.25, 0.3) is 5.91 Å². The zero-order valence-corrected chi connectivity index (χ0v) is 11.0. The van der Waals surface area contributed by atoms with Gasteiger partial charge in [0.05, 0.1) is 16.4 Å². The number of hydrogen-bond acceptors (Lipinski definition) is 3. The Hall–Kier alpha value is -2.16. The van der Waals surface area contributed by atoms with E-state index in [1.807, 2.05) is 6.07 Å². The van der Waals surface area contributed by atoms with E-state index in [9.17, 15) is 4.79 Å². The monoisotopic (exact) mass is 294 g/mol. The normalized spacial score (nSPS) is 10.2. The van der Waals surface area contributed by atoms with Gasteiger partial charge in [-0.05, 0) is 18.2 Å². The van der Waals surface area contributed by atoms with Crippen LogP contribution < -0.4 is 11.5 Å². The van der Waals surface area contributed by atoms with Gasteiger partial charge in [0.1, 0.15) is 17.3 Å². The zero-order chi connectivity index (χ0) is 14.2. The summed E-state index contributed by atoms with van der Waals surface area (Å²) in [6, 6.07) is 6.69. The smallest absolute Gasteiger partial charge is 0.267 e. The Morgan fingerprint density at radius 3 is 2.58 bits per heavy atom. The summed E-state index contributed by atoms with van der Waals surface area (Å²) in [5.74, 6) is -0.745. The third-order valence-corrected chi connectivity index (χ3v) is 3.15. The molecule has 5 N–H and O–H groups in total. The van der Waals surface area contributed by atoms with Crippen LogP contribution in [0.5, 0.6) is 0 Å². The van der Waals surface area contributed by atoms with Gasteiger partial charge in [0.2, 0.25) is 0 Å². The quantitative estimate of drug-likeness (QED) is 0.792. The van der Waals surface area contributed by atoms with Crippen LogP contribution in [-0.4, -0.2) is 10.9 Å². The first-order valence-electron chi connectivity index (χ1n) is 5.12. The summed E-state index contributed by atoms with van der Waals surface area (Å²) >= 11 is 11.9. The van der Waals surface area contributed by atoms with Crippen LogP contribution in [0.4, 0.5) is 5.69 Å². The lowest BCUT2D eigenvalue weighted by Gasteiger charge is -2.03. The lowest BCUT2D eigenvalue weighted by Crippen LogP contribution is -2.13. The zero-order valence-electron chi connectivity index (χ0n) is 9.50. The van der Waals surface area contributed by atoms with E-state index in [-0.39, 0.29) is 16.9 Å². The second-order valence-electron chi connectivity index (χ2n) is 3.76. The Morgan fingerprint density at radius 2 is 2.05 bits per heavy atom. The van der Waals surface area contributed by atoms with Crippen molar-refractivity contribution in [1.82, 2.24) is 4.98 Å².